The maximum Gasteiger partial charge on any atom is 0.303 e. The number of hydrogen-bond donors (Lipinski definition) is 0. The van der Waals surface area contributed by atoms with Gasteiger partial charge in [-0.15, -0.1) is 3.89 Å². The summed E-state index contributed by atoms with van der Waals surface area (Å²) < 4.78 is 32.7. The second kappa shape index (κ2) is 2.42. The number of rotatable bonds is 2. The van der Waals surface area contributed by atoms with E-state index in [1.54, 1.807) is 7.05 Å². The van der Waals surface area contributed by atoms with Crippen molar-refractivity contribution >= 4 is 16.1 Å². The van der Waals surface area contributed by atoms with E-state index >= 15 is 0 Å². The fraction of sp³-hybridized carbons (Fsp3) is 0.833. The predicted octanol–water partition coefficient (Wildman–Crippen LogP) is -0.236. The number of likely N-dealkylation sites (tertiary alicyclic amines) is 1. The van der Waals surface area contributed by atoms with E-state index in [-0.39, 0.29) is 5.91 Å². The summed E-state index contributed by atoms with van der Waals surface area (Å²) in [6, 6.07) is 0. The molecule has 1 aliphatic heterocycles. The molecule has 0 spiro atoms. The number of nitrogens with zero attached hydrogens (tertiary/aromatic N) is 1. The van der Waals surface area contributed by atoms with Crippen molar-refractivity contribution in [2.24, 2.45) is 5.41 Å². The number of carbonyl (C=O) groups excluding carboxylic acids is 1. The predicted molar refractivity (Wildman–Crippen MR) is 40.6 cm³/mol. The Morgan fingerprint density at radius 1 is 1.67 bits per heavy atom. The average Bonchev–Trinajstić information content (AvgIpc) is 1.83. The fourth-order valence-electron chi connectivity index (χ4n) is 1.52. The standard InChI is InChI=1S/C6H10FNO3S/c1-6(4-12(7,10)11)3-8(2)5(6)9/h3-4H2,1-2H3. The third-order valence-electron chi connectivity index (χ3n) is 1.94. The van der Waals surface area contributed by atoms with E-state index in [0.717, 1.165) is 0 Å². The molecule has 1 fully saturated rings. The lowest BCUT2D eigenvalue weighted by Gasteiger charge is -2.43. The Labute approximate surface area is 70.6 Å². The van der Waals surface area contributed by atoms with Crippen LogP contribution in [-0.4, -0.2) is 38.6 Å². The first-order chi connectivity index (χ1) is 5.25. The molecule has 1 rings (SSSR count). The van der Waals surface area contributed by atoms with Crippen LogP contribution in [0.1, 0.15) is 6.92 Å². The van der Waals surface area contributed by atoms with Gasteiger partial charge in [-0.2, -0.15) is 8.42 Å². The van der Waals surface area contributed by atoms with Gasteiger partial charge < -0.3 is 4.90 Å². The monoisotopic (exact) mass is 195 g/mol. The van der Waals surface area contributed by atoms with Gasteiger partial charge in [0.15, 0.2) is 0 Å². The van der Waals surface area contributed by atoms with E-state index in [1.165, 1.54) is 11.8 Å². The molecule has 0 N–H and O–H groups in total. The van der Waals surface area contributed by atoms with Gasteiger partial charge in [0.2, 0.25) is 5.91 Å². The maximum atomic E-state index is 12.2. The first-order valence-electron chi connectivity index (χ1n) is 3.42. The minimum atomic E-state index is -4.55. The quantitative estimate of drug-likeness (QED) is 0.451. The first kappa shape index (κ1) is 9.44. The number of amides is 1. The molecular weight excluding hydrogens is 185 g/mol. The molecule has 1 aliphatic rings. The van der Waals surface area contributed by atoms with Crippen LogP contribution in [0.15, 0.2) is 0 Å². The summed E-state index contributed by atoms with van der Waals surface area (Å²) in [5.41, 5.74) is -1.04. The van der Waals surface area contributed by atoms with Gasteiger partial charge in [-0.05, 0) is 6.92 Å². The summed E-state index contributed by atoms with van der Waals surface area (Å²) >= 11 is 0. The van der Waals surface area contributed by atoms with Crippen LogP contribution in [0.4, 0.5) is 3.89 Å². The molecule has 0 saturated carbocycles. The summed E-state index contributed by atoms with van der Waals surface area (Å²) in [6.07, 6.45) is 0. The van der Waals surface area contributed by atoms with Crippen LogP contribution in [0.5, 0.6) is 0 Å². The molecule has 0 bridgehead atoms. The lowest BCUT2D eigenvalue weighted by atomic mass is 9.83. The van der Waals surface area contributed by atoms with E-state index < -0.39 is 21.4 Å². The van der Waals surface area contributed by atoms with Crippen molar-refractivity contribution in [2.45, 2.75) is 6.92 Å². The number of β-lactam (4-membered cyclic amide) rings is 1. The molecule has 1 amide bonds. The van der Waals surface area contributed by atoms with Crippen LogP contribution in [0, 0.1) is 5.41 Å². The third kappa shape index (κ3) is 1.57. The van der Waals surface area contributed by atoms with E-state index in [2.05, 4.69) is 0 Å². The van der Waals surface area contributed by atoms with Crippen LogP contribution in [0.3, 0.4) is 0 Å². The molecule has 1 unspecified atom stereocenters. The van der Waals surface area contributed by atoms with Crippen LogP contribution in [-0.2, 0) is 15.0 Å². The molecule has 0 radical (unpaired) electrons. The van der Waals surface area contributed by atoms with E-state index in [9.17, 15) is 17.1 Å². The minimum Gasteiger partial charge on any atom is -0.344 e. The number of carbonyl (C=O) groups is 1. The van der Waals surface area contributed by atoms with E-state index in [0.29, 0.717) is 6.54 Å². The molecule has 0 aromatic heterocycles. The fourth-order valence-corrected chi connectivity index (χ4v) is 2.50. The van der Waals surface area contributed by atoms with Gasteiger partial charge >= 0.3 is 10.2 Å². The zero-order valence-electron chi connectivity index (χ0n) is 6.87. The highest BCUT2D eigenvalue weighted by atomic mass is 32.3. The van der Waals surface area contributed by atoms with Gasteiger partial charge in [0, 0.05) is 13.6 Å². The normalized spacial score (nSPS) is 30.2. The Morgan fingerprint density at radius 3 is 2.42 bits per heavy atom. The Balaban J connectivity index is 2.72. The van der Waals surface area contributed by atoms with Crippen LogP contribution >= 0.6 is 0 Å². The van der Waals surface area contributed by atoms with Crippen molar-refractivity contribution in [2.75, 3.05) is 19.3 Å². The van der Waals surface area contributed by atoms with Crippen LogP contribution < -0.4 is 0 Å². The molecule has 1 saturated heterocycles. The highest BCUT2D eigenvalue weighted by Gasteiger charge is 2.49. The highest BCUT2D eigenvalue weighted by Crippen LogP contribution is 2.31. The Bertz CT molecular complexity index is 313. The number of hydrogen-bond acceptors (Lipinski definition) is 3. The van der Waals surface area contributed by atoms with Gasteiger partial charge in [-0.3, -0.25) is 4.79 Å². The molecule has 0 aromatic rings. The van der Waals surface area contributed by atoms with Crippen LogP contribution in [0.25, 0.3) is 0 Å². The van der Waals surface area contributed by atoms with Crippen molar-refractivity contribution < 1.29 is 17.1 Å². The van der Waals surface area contributed by atoms with Crippen LogP contribution in [0.2, 0.25) is 0 Å². The summed E-state index contributed by atoms with van der Waals surface area (Å²) in [4.78, 5) is 12.4. The molecular formula is C6H10FNO3S. The van der Waals surface area contributed by atoms with E-state index in [1.807, 2.05) is 0 Å². The summed E-state index contributed by atoms with van der Waals surface area (Å²) in [6.45, 7) is 1.75. The molecule has 4 nitrogen and oxygen atoms in total. The number of halogens is 1. The van der Waals surface area contributed by atoms with Gasteiger partial charge in [0.1, 0.15) is 0 Å². The lowest BCUT2D eigenvalue weighted by molar-refractivity contribution is -0.153. The van der Waals surface area contributed by atoms with Gasteiger partial charge in [-0.1, -0.05) is 0 Å². The molecule has 0 aliphatic carbocycles. The summed E-state index contributed by atoms with van der Waals surface area (Å²) in [7, 11) is -3.00. The topological polar surface area (TPSA) is 54.5 Å². The Kier molecular flexibility index (Phi) is 1.90. The Morgan fingerprint density at radius 2 is 2.17 bits per heavy atom. The first-order valence-corrected chi connectivity index (χ1v) is 4.98. The summed E-state index contributed by atoms with van der Waals surface area (Å²) in [5, 5.41) is 0. The highest BCUT2D eigenvalue weighted by molar-refractivity contribution is 7.86. The average molecular weight is 195 g/mol. The molecule has 12 heavy (non-hydrogen) atoms. The summed E-state index contributed by atoms with van der Waals surface area (Å²) in [5.74, 6) is -1.02. The second-order valence-electron chi connectivity index (χ2n) is 3.41. The van der Waals surface area contributed by atoms with Gasteiger partial charge in [-0.25, -0.2) is 0 Å². The lowest BCUT2D eigenvalue weighted by Crippen LogP contribution is -2.60. The molecule has 0 aromatic carbocycles. The molecule has 1 heterocycles. The zero-order valence-corrected chi connectivity index (χ0v) is 7.69. The third-order valence-corrected chi connectivity index (χ3v) is 2.92. The van der Waals surface area contributed by atoms with Crippen molar-refractivity contribution in [3.05, 3.63) is 0 Å². The molecule has 6 heteroatoms. The molecule has 1 atom stereocenters. The maximum absolute atomic E-state index is 12.2. The smallest absolute Gasteiger partial charge is 0.303 e. The second-order valence-corrected chi connectivity index (χ2v) is 4.77. The van der Waals surface area contributed by atoms with Crippen molar-refractivity contribution in [3.63, 3.8) is 0 Å². The van der Waals surface area contributed by atoms with Crippen molar-refractivity contribution in [1.82, 2.24) is 4.90 Å². The SMILES string of the molecule is CN1CC(C)(CS(=O)(=O)F)C1=O. The molecule has 70 valence electrons. The Hall–Kier alpha value is -0.650. The minimum absolute atomic E-state index is 0.301. The van der Waals surface area contributed by atoms with Gasteiger partial charge in [0.25, 0.3) is 0 Å². The zero-order chi connectivity index (χ0) is 9.57. The van der Waals surface area contributed by atoms with Crippen molar-refractivity contribution in [1.29, 1.82) is 0 Å². The van der Waals surface area contributed by atoms with E-state index in [4.69, 9.17) is 0 Å². The van der Waals surface area contributed by atoms with Gasteiger partial charge in [0.05, 0.1) is 11.2 Å². The largest absolute Gasteiger partial charge is 0.344 e. The van der Waals surface area contributed by atoms with Crippen molar-refractivity contribution in [3.8, 4) is 0 Å².